The van der Waals surface area contributed by atoms with Crippen LogP contribution in [0.25, 0.3) is 10.9 Å². The van der Waals surface area contributed by atoms with Crippen LogP contribution in [0.15, 0.2) is 54.7 Å². The minimum Gasteiger partial charge on any atom is -0.454 e. The third kappa shape index (κ3) is 6.36. The highest BCUT2D eigenvalue weighted by Gasteiger charge is 2.31. The van der Waals surface area contributed by atoms with E-state index in [4.69, 9.17) is 9.47 Å². The molecule has 2 atom stereocenters. The molecule has 1 aliphatic carbocycles. The predicted octanol–water partition coefficient (Wildman–Crippen LogP) is 3.13. The van der Waals surface area contributed by atoms with Gasteiger partial charge in [0.05, 0.1) is 17.4 Å². The van der Waals surface area contributed by atoms with Crippen molar-refractivity contribution >= 4 is 50.8 Å². The van der Waals surface area contributed by atoms with Gasteiger partial charge < -0.3 is 20.1 Å². The molecule has 0 bridgehead atoms. The summed E-state index contributed by atoms with van der Waals surface area (Å²) in [4.78, 5) is 45.0. The summed E-state index contributed by atoms with van der Waals surface area (Å²) in [6.07, 6.45) is 5.47. The zero-order valence-corrected chi connectivity index (χ0v) is 22.4. The summed E-state index contributed by atoms with van der Waals surface area (Å²) in [5, 5.41) is 6.52. The second-order valence-electron chi connectivity index (χ2n) is 9.66. The molecule has 204 valence electrons. The summed E-state index contributed by atoms with van der Waals surface area (Å²) in [5.41, 5.74) is 1.64. The molecule has 0 radical (unpaired) electrons. The predicted molar refractivity (Wildman–Crippen MR) is 148 cm³/mol. The summed E-state index contributed by atoms with van der Waals surface area (Å²) >= 11 is 0. The number of hydrogen-bond donors (Lipinski definition) is 2. The Kier molecular flexibility index (Phi) is 8.06. The van der Waals surface area contributed by atoms with Crippen LogP contribution in [0.5, 0.6) is 11.5 Å². The van der Waals surface area contributed by atoms with Gasteiger partial charge in [0.15, 0.2) is 11.5 Å². The molecule has 5 rings (SSSR count). The first-order chi connectivity index (χ1) is 18.9. The summed E-state index contributed by atoms with van der Waals surface area (Å²) in [5.74, 6) is -1.05. The van der Waals surface area contributed by atoms with Crippen LogP contribution >= 0.6 is 0 Å². The fourth-order valence-electron chi connectivity index (χ4n) is 4.86. The fourth-order valence-corrected chi connectivity index (χ4v) is 5.74. The Morgan fingerprint density at radius 2 is 1.82 bits per heavy atom. The van der Waals surface area contributed by atoms with Crippen LogP contribution in [0.3, 0.4) is 0 Å². The molecule has 2 unspecified atom stereocenters. The summed E-state index contributed by atoms with van der Waals surface area (Å²) in [6, 6.07) is 13.4. The molecule has 1 saturated carbocycles. The lowest BCUT2D eigenvalue weighted by Gasteiger charge is -2.29. The fraction of sp³-hybridized carbons (Fsp3) is 0.357. The van der Waals surface area contributed by atoms with Crippen LogP contribution in [0, 0.1) is 0 Å². The average Bonchev–Trinajstić information content (AvgIpc) is 3.60. The average molecular weight is 551 g/mol. The number of rotatable bonds is 9. The van der Waals surface area contributed by atoms with E-state index in [1.165, 1.54) is 11.1 Å². The van der Waals surface area contributed by atoms with Gasteiger partial charge in [-0.15, -0.1) is 0 Å². The van der Waals surface area contributed by atoms with Crippen molar-refractivity contribution < 1.29 is 28.1 Å². The molecular weight excluding hydrogens is 520 g/mol. The van der Waals surface area contributed by atoms with Crippen molar-refractivity contribution in [3.63, 3.8) is 0 Å². The molecule has 1 aromatic heterocycles. The number of benzene rings is 2. The Morgan fingerprint density at radius 1 is 1.05 bits per heavy atom. The number of aromatic nitrogens is 1. The van der Waals surface area contributed by atoms with Crippen molar-refractivity contribution in [3.8, 4) is 11.5 Å². The number of ether oxygens (including phenoxy) is 2. The minimum atomic E-state index is -1.82. The second kappa shape index (κ2) is 11.8. The van der Waals surface area contributed by atoms with E-state index in [1.807, 2.05) is 24.3 Å². The van der Waals surface area contributed by atoms with Crippen molar-refractivity contribution in [2.24, 2.45) is 0 Å². The Balaban J connectivity index is 1.28. The van der Waals surface area contributed by atoms with Gasteiger partial charge in [0.2, 0.25) is 24.5 Å². The van der Waals surface area contributed by atoms with Gasteiger partial charge in [0.25, 0.3) is 0 Å². The quantitative estimate of drug-likeness (QED) is 0.419. The van der Waals surface area contributed by atoms with Crippen LogP contribution < -0.4 is 25.0 Å². The lowest BCUT2D eigenvalue weighted by molar-refractivity contribution is -0.125. The largest absolute Gasteiger partial charge is 0.454 e. The zero-order chi connectivity index (χ0) is 27.4. The van der Waals surface area contributed by atoms with Gasteiger partial charge in [-0.25, -0.2) is 0 Å². The number of fused-ring (bicyclic) bond motifs is 2. The number of pyridine rings is 1. The van der Waals surface area contributed by atoms with E-state index in [0.29, 0.717) is 22.9 Å². The van der Waals surface area contributed by atoms with E-state index in [0.717, 1.165) is 36.6 Å². The van der Waals surface area contributed by atoms with Gasteiger partial charge in [0, 0.05) is 34.0 Å². The maximum atomic E-state index is 13.5. The van der Waals surface area contributed by atoms with Gasteiger partial charge >= 0.3 is 0 Å². The molecule has 3 aromatic rings. The van der Waals surface area contributed by atoms with E-state index < -0.39 is 34.4 Å². The maximum absolute atomic E-state index is 13.5. The molecule has 0 spiro atoms. The Labute approximate surface area is 228 Å². The molecule has 2 heterocycles. The number of para-hydroxylation sites is 1. The van der Waals surface area contributed by atoms with Crippen LogP contribution in [-0.4, -0.2) is 57.3 Å². The zero-order valence-electron chi connectivity index (χ0n) is 21.6. The first kappa shape index (κ1) is 26.6. The van der Waals surface area contributed by atoms with Gasteiger partial charge in [-0.2, -0.15) is 0 Å². The minimum absolute atomic E-state index is 0.0839. The Hall–Kier alpha value is -3.99. The molecule has 1 aliphatic heterocycles. The number of anilines is 2. The van der Waals surface area contributed by atoms with E-state index in [1.54, 1.807) is 31.2 Å². The SMILES string of the molecule is CC(C(=O)NC1CCCC1)N(C(=O)CS(=O)CC(=O)Nc1ccc2c(c1)OCO2)c1cnc2ccccc2c1. The molecule has 3 amide bonds. The third-order valence-corrected chi connectivity index (χ3v) is 7.98. The van der Waals surface area contributed by atoms with Crippen molar-refractivity contribution in [3.05, 3.63) is 54.7 Å². The molecular formula is C28H30N4O6S. The van der Waals surface area contributed by atoms with Crippen molar-refractivity contribution in [1.82, 2.24) is 10.3 Å². The molecule has 0 saturated heterocycles. The number of nitrogens with one attached hydrogen (secondary N) is 2. The molecule has 1 fully saturated rings. The van der Waals surface area contributed by atoms with E-state index in [-0.39, 0.29) is 24.5 Å². The van der Waals surface area contributed by atoms with Gasteiger partial charge in [0.1, 0.15) is 17.5 Å². The maximum Gasteiger partial charge on any atom is 0.243 e. The Bertz CT molecular complexity index is 1420. The highest BCUT2D eigenvalue weighted by molar-refractivity contribution is 7.86. The normalized spacial score (nSPS) is 16.0. The molecule has 10 nitrogen and oxygen atoms in total. The number of nitrogens with zero attached hydrogens (tertiary/aromatic N) is 2. The highest BCUT2D eigenvalue weighted by atomic mass is 32.2. The van der Waals surface area contributed by atoms with Gasteiger partial charge in [-0.05, 0) is 44.0 Å². The van der Waals surface area contributed by atoms with Crippen molar-refractivity contribution in [2.45, 2.75) is 44.7 Å². The Morgan fingerprint density at radius 3 is 2.64 bits per heavy atom. The summed E-state index contributed by atoms with van der Waals surface area (Å²) < 4.78 is 23.5. The summed E-state index contributed by atoms with van der Waals surface area (Å²) in [7, 11) is -1.82. The number of carbonyl (C=O) groups excluding carboxylic acids is 3. The molecule has 2 aliphatic rings. The molecule has 2 aromatic carbocycles. The molecule has 11 heteroatoms. The highest BCUT2D eigenvalue weighted by Crippen LogP contribution is 2.34. The van der Waals surface area contributed by atoms with Crippen LogP contribution in [0.2, 0.25) is 0 Å². The smallest absolute Gasteiger partial charge is 0.243 e. The first-order valence-electron chi connectivity index (χ1n) is 12.9. The molecule has 2 N–H and O–H groups in total. The first-order valence-corrected chi connectivity index (χ1v) is 14.4. The van der Waals surface area contributed by atoms with Crippen molar-refractivity contribution in [2.75, 3.05) is 28.5 Å². The van der Waals surface area contributed by atoms with Crippen molar-refractivity contribution in [1.29, 1.82) is 0 Å². The third-order valence-electron chi connectivity index (χ3n) is 6.82. The van der Waals surface area contributed by atoms with E-state index in [9.17, 15) is 18.6 Å². The van der Waals surface area contributed by atoms with E-state index in [2.05, 4.69) is 15.6 Å². The second-order valence-corrected chi connectivity index (χ2v) is 11.1. The lowest BCUT2D eigenvalue weighted by atomic mass is 10.1. The summed E-state index contributed by atoms with van der Waals surface area (Å²) in [6.45, 7) is 1.76. The molecule has 39 heavy (non-hydrogen) atoms. The number of carbonyl (C=O) groups is 3. The van der Waals surface area contributed by atoms with Gasteiger partial charge in [-0.1, -0.05) is 31.0 Å². The number of amides is 3. The van der Waals surface area contributed by atoms with Crippen LogP contribution in [0.1, 0.15) is 32.6 Å². The van der Waals surface area contributed by atoms with Crippen LogP contribution in [0.4, 0.5) is 11.4 Å². The number of hydrogen-bond acceptors (Lipinski definition) is 7. The lowest BCUT2D eigenvalue weighted by Crippen LogP contribution is -2.51. The van der Waals surface area contributed by atoms with Crippen LogP contribution in [-0.2, 0) is 25.2 Å². The van der Waals surface area contributed by atoms with Gasteiger partial charge in [-0.3, -0.25) is 28.5 Å². The van der Waals surface area contributed by atoms with E-state index >= 15 is 0 Å². The topological polar surface area (TPSA) is 127 Å². The monoisotopic (exact) mass is 550 g/mol. The standard InChI is InChI=1S/C28H30N4O6S/c1-18(28(35)31-20-7-3-4-8-20)32(22-12-19-6-2-5-9-23(19)29-14-22)27(34)16-39(36)15-26(33)30-21-10-11-24-25(13-21)38-17-37-24/h2,5-6,9-14,18,20H,3-4,7-8,15-17H2,1H3,(H,30,33)(H,31,35).